The number of Topliss-reactive ketones (excluding diaryl/α,β-unsaturated/α-hetero) is 1. The highest BCUT2D eigenvalue weighted by molar-refractivity contribution is 7.22. The van der Waals surface area contributed by atoms with Gasteiger partial charge in [0.1, 0.15) is 11.5 Å². The monoisotopic (exact) mass is 558 g/mol. The van der Waals surface area contributed by atoms with Crippen LogP contribution < -0.4 is 4.74 Å². The van der Waals surface area contributed by atoms with Gasteiger partial charge in [0.15, 0.2) is 11.6 Å². The largest absolute Gasteiger partial charge is 0.453 e. The van der Waals surface area contributed by atoms with Crippen molar-refractivity contribution >= 4 is 27.3 Å². The third-order valence-electron chi connectivity index (χ3n) is 7.69. The highest BCUT2D eigenvalue weighted by atomic mass is 32.1. The molecule has 6 nitrogen and oxygen atoms in total. The van der Waals surface area contributed by atoms with Gasteiger partial charge in [0, 0.05) is 64.0 Å². The summed E-state index contributed by atoms with van der Waals surface area (Å²) in [7, 11) is 0. The molecule has 2 aliphatic rings. The maximum absolute atomic E-state index is 14.9. The molecule has 1 aliphatic carbocycles. The molecule has 0 atom stereocenters. The van der Waals surface area contributed by atoms with Crippen LogP contribution in [-0.2, 0) is 17.8 Å². The molecule has 8 heteroatoms. The predicted octanol–water partition coefficient (Wildman–Crippen LogP) is 6.73. The van der Waals surface area contributed by atoms with Crippen LogP contribution in [0.2, 0.25) is 0 Å². The van der Waals surface area contributed by atoms with Gasteiger partial charge >= 0.3 is 0 Å². The van der Waals surface area contributed by atoms with E-state index in [-0.39, 0.29) is 18.0 Å². The third kappa shape index (κ3) is 6.57. The van der Waals surface area contributed by atoms with Gasteiger partial charge in [-0.25, -0.2) is 4.39 Å². The Morgan fingerprint density at radius 1 is 1.00 bits per heavy atom. The zero-order valence-corrected chi connectivity index (χ0v) is 23.8. The summed E-state index contributed by atoms with van der Waals surface area (Å²) in [4.78, 5) is 27.5. The molecular formula is C32H35FN4O2S. The fraction of sp³-hybridized carbons (Fsp3) is 0.406. The molecule has 0 amide bonds. The van der Waals surface area contributed by atoms with E-state index in [1.54, 1.807) is 24.4 Å². The number of carbonyl (C=O) groups is 1. The summed E-state index contributed by atoms with van der Waals surface area (Å²) in [5.74, 6) is 0.928. The van der Waals surface area contributed by atoms with Gasteiger partial charge < -0.3 is 9.64 Å². The van der Waals surface area contributed by atoms with Gasteiger partial charge in [-0.05, 0) is 67.1 Å². The zero-order chi connectivity index (χ0) is 27.5. The number of halogens is 1. The molecule has 0 unspecified atom stereocenters. The Labute approximate surface area is 238 Å². The minimum Gasteiger partial charge on any atom is -0.453 e. The SMILES string of the molecule is CCCN1CCN(Cc2ccc(-c3cc4nccc(Oc5ccc(CC(=O)CC6CC6)cc5F)c4s3)nc2)CC1. The van der Waals surface area contributed by atoms with Crippen LogP contribution in [0.25, 0.3) is 20.8 Å². The molecule has 0 N–H and O–H groups in total. The number of benzene rings is 1. The third-order valence-corrected chi connectivity index (χ3v) is 8.86. The van der Waals surface area contributed by atoms with Crippen molar-refractivity contribution < 1.29 is 13.9 Å². The predicted molar refractivity (Wildman–Crippen MR) is 157 cm³/mol. The molecule has 1 aromatic carbocycles. The molecule has 1 aliphatic heterocycles. The van der Waals surface area contributed by atoms with E-state index in [0.29, 0.717) is 23.7 Å². The molecule has 1 saturated heterocycles. The first-order valence-corrected chi connectivity index (χ1v) is 15.1. The number of pyridine rings is 2. The van der Waals surface area contributed by atoms with Gasteiger partial charge in [-0.1, -0.05) is 19.1 Å². The Bertz CT molecular complexity index is 1480. The van der Waals surface area contributed by atoms with Crippen LogP contribution in [0.15, 0.2) is 54.9 Å². The lowest BCUT2D eigenvalue weighted by Crippen LogP contribution is -2.45. The number of hydrogen-bond acceptors (Lipinski definition) is 7. The standard InChI is InChI=1S/C32H35FN4O2S/c1-2-11-36-12-14-37(15-13-36)21-24-5-7-27(35-20-24)31-19-28-32(40-31)30(9-10-34-28)39-29-8-6-23(18-26(29)33)17-25(38)16-22-3-4-22/h5-10,18-20,22H,2-4,11-17,21H2,1H3. The molecule has 0 bridgehead atoms. The van der Waals surface area contributed by atoms with Crippen molar-refractivity contribution in [2.45, 2.75) is 45.6 Å². The number of piperazine rings is 1. The zero-order valence-electron chi connectivity index (χ0n) is 22.9. The van der Waals surface area contributed by atoms with Crippen molar-refractivity contribution in [3.63, 3.8) is 0 Å². The molecule has 4 aromatic rings. The first kappa shape index (κ1) is 27.0. The maximum Gasteiger partial charge on any atom is 0.166 e. The molecule has 208 valence electrons. The van der Waals surface area contributed by atoms with Crippen LogP contribution in [0, 0.1) is 11.7 Å². The molecule has 0 radical (unpaired) electrons. The van der Waals surface area contributed by atoms with Crippen molar-refractivity contribution in [3.05, 3.63) is 71.8 Å². The van der Waals surface area contributed by atoms with Crippen LogP contribution in [-0.4, -0.2) is 58.3 Å². The lowest BCUT2D eigenvalue weighted by atomic mass is 10.0. The van der Waals surface area contributed by atoms with E-state index < -0.39 is 5.82 Å². The van der Waals surface area contributed by atoms with Crippen molar-refractivity contribution in [3.8, 4) is 22.1 Å². The number of ketones is 1. The van der Waals surface area contributed by atoms with E-state index in [2.05, 4.69) is 33.8 Å². The van der Waals surface area contributed by atoms with Gasteiger partial charge in [0.05, 0.1) is 20.8 Å². The minimum atomic E-state index is -0.470. The molecule has 4 heterocycles. The highest BCUT2D eigenvalue weighted by Crippen LogP contribution is 2.39. The summed E-state index contributed by atoms with van der Waals surface area (Å²) in [5.41, 5.74) is 3.57. The van der Waals surface area contributed by atoms with Crippen molar-refractivity contribution in [1.82, 2.24) is 19.8 Å². The van der Waals surface area contributed by atoms with Crippen molar-refractivity contribution in [2.24, 2.45) is 5.92 Å². The van der Waals surface area contributed by atoms with Crippen LogP contribution in [0.3, 0.4) is 0 Å². The van der Waals surface area contributed by atoms with Crippen molar-refractivity contribution in [2.75, 3.05) is 32.7 Å². The number of nitrogens with zero attached hydrogens (tertiary/aromatic N) is 4. The summed E-state index contributed by atoms with van der Waals surface area (Å²) in [6.07, 6.45) is 7.99. The second-order valence-corrected chi connectivity index (χ2v) is 12.1. The van der Waals surface area contributed by atoms with E-state index in [1.807, 2.05) is 12.3 Å². The smallest absolute Gasteiger partial charge is 0.166 e. The number of ether oxygens (including phenoxy) is 1. The molecule has 1 saturated carbocycles. The summed E-state index contributed by atoms with van der Waals surface area (Å²) in [5, 5.41) is 0. The summed E-state index contributed by atoms with van der Waals surface area (Å²) in [6.45, 7) is 8.78. The first-order valence-electron chi connectivity index (χ1n) is 14.3. The average Bonchev–Trinajstić information content (AvgIpc) is 3.65. The van der Waals surface area contributed by atoms with E-state index in [0.717, 1.165) is 66.4 Å². The van der Waals surface area contributed by atoms with Crippen LogP contribution in [0.4, 0.5) is 4.39 Å². The number of hydrogen-bond donors (Lipinski definition) is 0. The molecule has 3 aromatic heterocycles. The van der Waals surface area contributed by atoms with Gasteiger partial charge in [-0.2, -0.15) is 0 Å². The summed E-state index contributed by atoms with van der Waals surface area (Å²) >= 11 is 1.54. The number of thiophene rings is 1. The Balaban J connectivity index is 1.12. The summed E-state index contributed by atoms with van der Waals surface area (Å²) in [6, 6.07) is 12.8. The molecular weight excluding hydrogens is 523 g/mol. The Morgan fingerprint density at radius 2 is 1.80 bits per heavy atom. The minimum absolute atomic E-state index is 0.138. The van der Waals surface area contributed by atoms with E-state index in [9.17, 15) is 9.18 Å². The van der Waals surface area contributed by atoms with E-state index in [4.69, 9.17) is 9.72 Å². The topological polar surface area (TPSA) is 58.6 Å². The Morgan fingerprint density at radius 3 is 2.52 bits per heavy atom. The second kappa shape index (κ2) is 12.1. The van der Waals surface area contributed by atoms with Crippen LogP contribution >= 0.6 is 11.3 Å². The number of fused-ring (bicyclic) bond motifs is 1. The average molecular weight is 559 g/mol. The molecule has 0 spiro atoms. The molecule has 6 rings (SSSR count). The fourth-order valence-electron chi connectivity index (χ4n) is 5.33. The summed E-state index contributed by atoms with van der Waals surface area (Å²) < 4.78 is 21.8. The number of aromatic nitrogens is 2. The van der Waals surface area contributed by atoms with E-state index in [1.165, 1.54) is 35.9 Å². The Hall–Kier alpha value is -3.20. The maximum atomic E-state index is 14.9. The molecule has 40 heavy (non-hydrogen) atoms. The lowest BCUT2D eigenvalue weighted by molar-refractivity contribution is -0.118. The normalized spacial score (nSPS) is 16.4. The number of rotatable bonds is 11. The van der Waals surface area contributed by atoms with E-state index >= 15 is 0 Å². The van der Waals surface area contributed by atoms with Gasteiger partial charge in [0.2, 0.25) is 0 Å². The quantitative estimate of drug-likeness (QED) is 0.204. The van der Waals surface area contributed by atoms with Crippen molar-refractivity contribution in [1.29, 1.82) is 0 Å². The van der Waals surface area contributed by atoms with Crippen LogP contribution in [0.1, 0.15) is 43.7 Å². The fourth-order valence-corrected chi connectivity index (χ4v) is 6.37. The Kier molecular flexibility index (Phi) is 8.18. The van der Waals surface area contributed by atoms with Gasteiger partial charge in [-0.15, -0.1) is 11.3 Å². The van der Waals surface area contributed by atoms with Gasteiger partial charge in [0.25, 0.3) is 0 Å². The van der Waals surface area contributed by atoms with Gasteiger partial charge in [-0.3, -0.25) is 19.7 Å². The second-order valence-electron chi connectivity index (χ2n) is 11.0. The number of carbonyl (C=O) groups excluding carboxylic acids is 1. The van der Waals surface area contributed by atoms with Crippen LogP contribution in [0.5, 0.6) is 11.5 Å². The first-order chi connectivity index (χ1) is 19.5. The lowest BCUT2D eigenvalue weighted by Gasteiger charge is -2.34. The highest BCUT2D eigenvalue weighted by Gasteiger charge is 2.24. The molecule has 2 fully saturated rings.